The van der Waals surface area contributed by atoms with Crippen molar-refractivity contribution in [2.75, 3.05) is 82.8 Å². The second-order valence-corrected chi connectivity index (χ2v) is 14.0. The average molecular weight is 571 g/mol. The molecular weight excluding hydrogens is 521 g/mol. The average Bonchev–Trinajstić information content (AvgIpc) is 3.38. The maximum absolute atomic E-state index is 12.2. The third-order valence-corrected chi connectivity index (χ3v) is 10.8. The van der Waals surface area contributed by atoms with Crippen LogP contribution >= 0.6 is 43.2 Å². The highest BCUT2D eigenvalue weighted by Crippen LogP contribution is 2.39. The van der Waals surface area contributed by atoms with E-state index in [4.69, 9.17) is 16.2 Å². The maximum Gasteiger partial charge on any atom is 0.246 e. The molecule has 8 N–H and O–H groups in total. The van der Waals surface area contributed by atoms with Gasteiger partial charge in [-0.1, -0.05) is 49.6 Å². The molecule has 1 heterocycles. The summed E-state index contributed by atoms with van der Waals surface area (Å²) in [6.07, 6.45) is 8.15. The van der Waals surface area contributed by atoms with E-state index in [2.05, 4.69) is 32.1 Å². The van der Waals surface area contributed by atoms with Gasteiger partial charge in [0.25, 0.3) is 0 Å². The number of carbonyl (C=O) groups is 1. The highest BCUT2D eigenvalue weighted by Gasteiger charge is 2.15. The number of nitrogens with two attached hydrogens (primary N) is 2. The summed E-state index contributed by atoms with van der Waals surface area (Å²) in [5, 5.41) is 14.1. The van der Waals surface area contributed by atoms with E-state index in [1.807, 2.05) is 32.4 Å². The number of rotatable bonds is 26. The SMILES string of the molecule is NCCCNCCC(CNCCCN)OCC(=O)NCCSSCCNCCCCC1CCSS1. The van der Waals surface area contributed by atoms with E-state index in [9.17, 15) is 4.79 Å². The fourth-order valence-corrected chi connectivity index (χ4v) is 8.25. The van der Waals surface area contributed by atoms with Gasteiger partial charge in [-0.05, 0) is 77.8 Å². The number of hydrogen-bond acceptors (Lipinski definition) is 11. The molecule has 35 heavy (non-hydrogen) atoms. The van der Waals surface area contributed by atoms with E-state index in [0.717, 1.165) is 75.3 Å². The van der Waals surface area contributed by atoms with Gasteiger partial charge < -0.3 is 37.5 Å². The van der Waals surface area contributed by atoms with Gasteiger partial charge in [-0.3, -0.25) is 4.79 Å². The Morgan fingerprint density at radius 1 is 0.914 bits per heavy atom. The largest absolute Gasteiger partial charge is 0.367 e. The number of carbonyl (C=O) groups excluding carboxylic acids is 1. The molecule has 1 rings (SSSR count). The molecule has 0 aromatic carbocycles. The normalized spacial score (nSPS) is 16.6. The van der Waals surface area contributed by atoms with Gasteiger partial charge >= 0.3 is 0 Å². The Labute approximate surface area is 229 Å². The predicted molar refractivity (Wildman–Crippen MR) is 161 cm³/mol. The quantitative estimate of drug-likeness (QED) is 0.0676. The summed E-state index contributed by atoms with van der Waals surface area (Å²) in [4.78, 5) is 12.2. The Balaban J connectivity index is 1.94. The van der Waals surface area contributed by atoms with E-state index in [1.165, 1.54) is 31.4 Å². The molecular formula is C23H50N6O2S4. The molecule has 0 radical (unpaired) electrons. The summed E-state index contributed by atoms with van der Waals surface area (Å²) in [6.45, 7) is 7.68. The van der Waals surface area contributed by atoms with Gasteiger partial charge in [0.1, 0.15) is 6.61 Å². The zero-order valence-electron chi connectivity index (χ0n) is 21.4. The van der Waals surface area contributed by atoms with Crippen molar-refractivity contribution in [1.29, 1.82) is 0 Å². The second kappa shape index (κ2) is 26.2. The Bertz CT molecular complexity index is 479. The molecule has 1 saturated heterocycles. The summed E-state index contributed by atoms with van der Waals surface area (Å²) < 4.78 is 5.88. The summed E-state index contributed by atoms with van der Waals surface area (Å²) in [6, 6.07) is 0. The van der Waals surface area contributed by atoms with Crippen LogP contribution in [0.15, 0.2) is 0 Å². The van der Waals surface area contributed by atoms with E-state index < -0.39 is 0 Å². The van der Waals surface area contributed by atoms with Gasteiger partial charge in [0.15, 0.2) is 0 Å². The van der Waals surface area contributed by atoms with Crippen LogP contribution in [0, 0.1) is 0 Å². The fraction of sp³-hybridized carbons (Fsp3) is 0.957. The van der Waals surface area contributed by atoms with Crippen LogP contribution in [0.2, 0.25) is 0 Å². The Kier molecular flexibility index (Phi) is 25.2. The monoisotopic (exact) mass is 570 g/mol. The number of nitrogens with one attached hydrogen (secondary N) is 4. The lowest BCUT2D eigenvalue weighted by Gasteiger charge is -2.19. The second-order valence-electron chi connectivity index (χ2n) is 8.53. The summed E-state index contributed by atoms with van der Waals surface area (Å²) in [7, 11) is 7.80. The van der Waals surface area contributed by atoms with Crippen LogP contribution in [-0.2, 0) is 9.53 Å². The lowest BCUT2D eigenvalue weighted by molar-refractivity contribution is -0.127. The van der Waals surface area contributed by atoms with E-state index >= 15 is 0 Å². The molecule has 12 heteroatoms. The zero-order chi connectivity index (χ0) is 25.2. The van der Waals surface area contributed by atoms with Crippen molar-refractivity contribution < 1.29 is 9.53 Å². The van der Waals surface area contributed by atoms with Gasteiger partial charge in [-0.2, -0.15) is 0 Å². The number of hydrogen-bond donors (Lipinski definition) is 6. The lowest BCUT2D eigenvalue weighted by Crippen LogP contribution is -2.37. The highest BCUT2D eigenvalue weighted by atomic mass is 33.1. The van der Waals surface area contributed by atoms with Crippen molar-refractivity contribution in [3.05, 3.63) is 0 Å². The summed E-state index contributed by atoms with van der Waals surface area (Å²) >= 11 is 0. The Hall–Kier alpha value is 0.630. The van der Waals surface area contributed by atoms with Crippen LogP contribution < -0.4 is 32.7 Å². The molecule has 208 valence electrons. The van der Waals surface area contributed by atoms with Crippen LogP contribution in [0.25, 0.3) is 0 Å². The molecule has 0 saturated carbocycles. The minimum absolute atomic E-state index is 0.00179. The van der Waals surface area contributed by atoms with Crippen molar-refractivity contribution in [1.82, 2.24) is 21.3 Å². The molecule has 1 aliphatic rings. The first-order chi connectivity index (χ1) is 17.3. The smallest absolute Gasteiger partial charge is 0.246 e. The first-order valence-electron chi connectivity index (χ1n) is 13.2. The van der Waals surface area contributed by atoms with E-state index in [1.54, 1.807) is 0 Å². The fourth-order valence-electron chi connectivity index (χ4n) is 3.37. The minimum atomic E-state index is -0.0464. The Morgan fingerprint density at radius 2 is 1.63 bits per heavy atom. The van der Waals surface area contributed by atoms with Crippen LogP contribution in [0.5, 0.6) is 0 Å². The van der Waals surface area contributed by atoms with Crippen LogP contribution in [0.1, 0.15) is 44.9 Å². The van der Waals surface area contributed by atoms with Crippen molar-refractivity contribution in [2.45, 2.75) is 56.3 Å². The zero-order valence-corrected chi connectivity index (χ0v) is 24.7. The van der Waals surface area contributed by atoms with Gasteiger partial charge in [0.2, 0.25) is 5.91 Å². The molecule has 0 bridgehead atoms. The molecule has 1 amide bonds. The van der Waals surface area contributed by atoms with Gasteiger partial charge in [-0.25, -0.2) is 0 Å². The molecule has 0 aliphatic carbocycles. The predicted octanol–water partition coefficient (Wildman–Crippen LogP) is 2.05. The molecule has 1 fully saturated rings. The molecule has 0 aromatic heterocycles. The molecule has 2 atom stereocenters. The highest BCUT2D eigenvalue weighted by molar-refractivity contribution is 8.77. The van der Waals surface area contributed by atoms with E-state index in [-0.39, 0.29) is 18.6 Å². The lowest BCUT2D eigenvalue weighted by atomic mass is 10.1. The van der Waals surface area contributed by atoms with Crippen molar-refractivity contribution in [3.63, 3.8) is 0 Å². The standard InChI is InChI=1S/C23H50N6O2S4/c24-8-3-11-26-13-6-21(19-28-12-4-9-25)31-20-23(30)29-15-18-33-32-17-14-27-10-2-1-5-22-7-16-34-35-22/h21-22,26-28H,1-20,24-25H2,(H,29,30). The summed E-state index contributed by atoms with van der Waals surface area (Å²) in [5.74, 6) is 3.29. The molecule has 2 unspecified atom stereocenters. The first-order valence-corrected chi connectivity index (χ1v) is 18.1. The topological polar surface area (TPSA) is 126 Å². The molecule has 0 aromatic rings. The van der Waals surface area contributed by atoms with Gasteiger partial charge in [0.05, 0.1) is 6.10 Å². The minimum Gasteiger partial charge on any atom is -0.367 e. The number of ether oxygens (including phenoxy) is 1. The van der Waals surface area contributed by atoms with Crippen LogP contribution in [-0.4, -0.2) is 100 Å². The summed E-state index contributed by atoms with van der Waals surface area (Å²) in [5.41, 5.74) is 11.1. The van der Waals surface area contributed by atoms with Crippen molar-refractivity contribution in [2.24, 2.45) is 11.5 Å². The van der Waals surface area contributed by atoms with Gasteiger partial charge in [-0.15, -0.1) is 0 Å². The molecule has 0 spiro atoms. The molecule has 1 aliphatic heterocycles. The Morgan fingerprint density at radius 3 is 2.37 bits per heavy atom. The van der Waals surface area contributed by atoms with Crippen molar-refractivity contribution in [3.8, 4) is 0 Å². The third kappa shape index (κ3) is 22.3. The van der Waals surface area contributed by atoms with Crippen LogP contribution in [0.4, 0.5) is 0 Å². The van der Waals surface area contributed by atoms with Gasteiger partial charge in [0, 0.05) is 42.1 Å². The van der Waals surface area contributed by atoms with E-state index in [0.29, 0.717) is 19.6 Å². The molecule has 8 nitrogen and oxygen atoms in total. The third-order valence-electron chi connectivity index (χ3n) is 5.39. The van der Waals surface area contributed by atoms with Crippen molar-refractivity contribution >= 4 is 49.1 Å². The first kappa shape index (κ1) is 33.7. The van der Waals surface area contributed by atoms with Crippen LogP contribution in [0.3, 0.4) is 0 Å². The number of amides is 1. The number of unbranched alkanes of at least 4 members (excludes halogenated alkanes) is 1. The maximum atomic E-state index is 12.2.